The first-order valence-electron chi connectivity index (χ1n) is 7.66. The highest BCUT2D eigenvalue weighted by molar-refractivity contribution is 5.97. The Hall–Kier alpha value is -3.06. The SMILES string of the molecule is CCOC(=O)C(NC(=O)c1cc(O)cc(O)c1)C(O)c1ccccc1. The van der Waals surface area contributed by atoms with Gasteiger partial charge in [0, 0.05) is 11.6 Å². The van der Waals surface area contributed by atoms with Crippen molar-refractivity contribution >= 4 is 11.9 Å². The number of phenols is 2. The number of benzene rings is 2. The van der Waals surface area contributed by atoms with Crippen molar-refractivity contribution in [2.45, 2.75) is 19.1 Å². The predicted octanol–water partition coefficient (Wildman–Crippen LogP) is 1.49. The highest BCUT2D eigenvalue weighted by Gasteiger charge is 2.31. The molecular formula is C18H19NO6. The van der Waals surface area contributed by atoms with Crippen molar-refractivity contribution in [2.75, 3.05) is 6.61 Å². The molecule has 7 heteroatoms. The number of amides is 1. The topological polar surface area (TPSA) is 116 Å². The van der Waals surface area contributed by atoms with E-state index in [1.165, 1.54) is 0 Å². The van der Waals surface area contributed by atoms with E-state index in [1.807, 2.05) is 0 Å². The maximum absolute atomic E-state index is 12.4. The largest absolute Gasteiger partial charge is 0.508 e. The molecule has 2 atom stereocenters. The molecule has 0 heterocycles. The first-order valence-corrected chi connectivity index (χ1v) is 7.66. The molecule has 2 aromatic rings. The molecule has 132 valence electrons. The van der Waals surface area contributed by atoms with Gasteiger partial charge >= 0.3 is 5.97 Å². The first kappa shape index (κ1) is 18.3. The molecule has 4 N–H and O–H groups in total. The van der Waals surface area contributed by atoms with Crippen LogP contribution in [0.4, 0.5) is 0 Å². The van der Waals surface area contributed by atoms with E-state index in [0.717, 1.165) is 18.2 Å². The van der Waals surface area contributed by atoms with Crippen LogP contribution in [-0.2, 0) is 9.53 Å². The number of hydrogen-bond acceptors (Lipinski definition) is 6. The van der Waals surface area contributed by atoms with Crippen molar-refractivity contribution in [2.24, 2.45) is 0 Å². The van der Waals surface area contributed by atoms with Crippen molar-refractivity contribution in [1.82, 2.24) is 5.32 Å². The van der Waals surface area contributed by atoms with Gasteiger partial charge in [-0.15, -0.1) is 0 Å². The van der Waals surface area contributed by atoms with Crippen LogP contribution in [0, 0.1) is 0 Å². The molecule has 0 aliphatic heterocycles. The van der Waals surface area contributed by atoms with Crippen molar-refractivity contribution in [3.8, 4) is 11.5 Å². The molecule has 2 aromatic carbocycles. The molecule has 0 aromatic heterocycles. The summed E-state index contributed by atoms with van der Waals surface area (Å²) < 4.78 is 4.92. The third kappa shape index (κ3) is 4.71. The molecule has 0 fully saturated rings. The summed E-state index contributed by atoms with van der Waals surface area (Å²) in [6.45, 7) is 1.69. The van der Waals surface area contributed by atoms with Gasteiger partial charge in [-0.05, 0) is 24.6 Å². The summed E-state index contributed by atoms with van der Waals surface area (Å²) >= 11 is 0. The average Bonchev–Trinajstić information content (AvgIpc) is 2.59. The van der Waals surface area contributed by atoms with E-state index in [1.54, 1.807) is 37.3 Å². The molecule has 0 spiro atoms. The van der Waals surface area contributed by atoms with E-state index < -0.39 is 24.0 Å². The van der Waals surface area contributed by atoms with E-state index in [4.69, 9.17) is 4.74 Å². The Morgan fingerprint density at radius 1 is 1.08 bits per heavy atom. The number of carbonyl (C=O) groups is 2. The highest BCUT2D eigenvalue weighted by atomic mass is 16.5. The standard InChI is InChI=1S/C18H19NO6/c1-2-25-18(24)15(16(22)11-6-4-3-5-7-11)19-17(23)12-8-13(20)10-14(21)9-12/h3-10,15-16,20-22H,2H2,1H3,(H,19,23). The van der Waals surface area contributed by atoms with Gasteiger partial charge < -0.3 is 25.4 Å². The summed E-state index contributed by atoms with van der Waals surface area (Å²) in [5, 5.41) is 31.8. The number of phenolic OH excluding ortho intramolecular Hbond substituents is 2. The third-order valence-electron chi connectivity index (χ3n) is 3.45. The van der Waals surface area contributed by atoms with Gasteiger partial charge in [0.25, 0.3) is 5.91 Å². The minimum absolute atomic E-state index is 0.0629. The maximum atomic E-state index is 12.4. The van der Waals surface area contributed by atoms with Gasteiger partial charge in [0.05, 0.1) is 6.61 Å². The van der Waals surface area contributed by atoms with E-state index >= 15 is 0 Å². The lowest BCUT2D eigenvalue weighted by molar-refractivity contribution is -0.148. The Kier molecular flexibility index (Phi) is 5.97. The molecule has 2 rings (SSSR count). The van der Waals surface area contributed by atoms with Crippen LogP contribution >= 0.6 is 0 Å². The Balaban J connectivity index is 2.26. The Morgan fingerprint density at radius 2 is 1.68 bits per heavy atom. The second kappa shape index (κ2) is 8.16. The number of carbonyl (C=O) groups excluding carboxylic acids is 2. The van der Waals surface area contributed by atoms with E-state index in [-0.39, 0.29) is 23.7 Å². The van der Waals surface area contributed by atoms with Crippen LogP contribution in [0.3, 0.4) is 0 Å². The zero-order valence-electron chi connectivity index (χ0n) is 13.5. The van der Waals surface area contributed by atoms with Crippen molar-refractivity contribution in [3.63, 3.8) is 0 Å². The molecule has 0 aliphatic carbocycles. The monoisotopic (exact) mass is 345 g/mol. The van der Waals surface area contributed by atoms with E-state index in [9.17, 15) is 24.9 Å². The zero-order chi connectivity index (χ0) is 18.4. The molecular weight excluding hydrogens is 326 g/mol. The molecule has 0 radical (unpaired) electrons. The summed E-state index contributed by atoms with van der Waals surface area (Å²) in [6.07, 6.45) is -1.32. The van der Waals surface area contributed by atoms with Gasteiger partial charge in [0.15, 0.2) is 6.04 Å². The summed E-state index contributed by atoms with van der Waals surface area (Å²) in [5.41, 5.74) is 0.367. The normalized spacial score (nSPS) is 12.9. The smallest absolute Gasteiger partial charge is 0.331 e. The molecule has 0 saturated carbocycles. The van der Waals surface area contributed by atoms with Gasteiger partial charge in [-0.25, -0.2) is 4.79 Å². The van der Waals surface area contributed by atoms with Crippen LogP contribution in [0.15, 0.2) is 48.5 Å². The lowest BCUT2D eigenvalue weighted by atomic mass is 10.0. The maximum Gasteiger partial charge on any atom is 0.331 e. The number of hydrogen-bond donors (Lipinski definition) is 4. The summed E-state index contributed by atoms with van der Waals surface area (Å²) in [7, 11) is 0. The van der Waals surface area contributed by atoms with E-state index in [0.29, 0.717) is 5.56 Å². The first-order chi connectivity index (χ1) is 11.9. The van der Waals surface area contributed by atoms with Crippen LogP contribution in [-0.4, -0.2) is 39.8 Å². The van der Waals surface area contributed by atoms with Crippen molar-refractivity contribution in [1.29, 1.82) is 0 Å². The van der Waals surface area contributed by atoms with Gasteiger partial charge in [-0.1, -0.05) is 30.3 Å². The van der Waals surface area contributed by atoms with Crippen molar-refractivity contribution < 1.29 is 29.6 Å². The van der Waals surface area contributed by atoms with Gasteiger partial charge in [-0.2, -0.15) is 0 Å². The molecule has 0 aliphatic rings. The predicted molar refractivity (Wildman–Crippen MR) is 89.1 cm³/mol. The summed E-state index contributed by atoms with van der Waals surface area (Å²) in [6, 6.07) is 10.3. The Morgan fingerprint density at radius 3 is 2.24 bits per heavy atom. The third-order valence-corrected chi connectivity index (χ3v) is 3.45. The molecule has 2 unspecified atom stereocenters. The number of aliphatic hydroxyl groups excluding tert-OH is 1. The fraction of sp³-hybridized carbons (Fsp3) is 0.222. The van der Waals surface area contributed by atoms with Crippen LogP contribution in [0.1, 0.15) is 28.9 Å². The number of nitrogens with one attached hydrogen (secondary N) is 1. The lowest BCUT2D eigenvalue weighted by Gasteiger charge is -2.23. The lowest BCUT2D eigenvalue weighted by Crippen LogP contribution is -2.46. The van der Waals surface area contributed by atoms with Gasteiger partial charge in [0.2, 0.25) is 0 Å². The molecule has 25 heavy (non-hydrogen) atoms. The second-order valence-corrected chi connectivity index (χ2v) is 5.30. The van der Waals surface area contributed by atoms with E-state index in [2.05, 4.69) is 5.32 Å². The van der Waals surface area contributed by atoms with Crippen LogP contribution < -0.4 is 5.32 Å². The molecule has 0 saturated heterocycles. The zero-order valence-corrected chi connectivity index (χ0v) is 13.5. The summed E-state index contributed by atoms with van der Waals surface area (Å²) in [4.78, 5) is 24.5. The van der Waals surface area contributed by atoms with Gasteiger partial charge in [0.1, 0.15) is 17.6 Å². The fourth-order valence-corrected chi connectivity index (χ4v) is 2.29. The number of esters is 1. The Labute approximate surface area is 144 Å². The number of aliphatic hydroxyl groups is 1. The van der Waals surface area contributed by atoms with Crippen molar-refractivity contribution in [3.05, 3.63) is 59.7 Å². The number of ether oxygens (including phenoxy) is 1. The van der Waals surface area contributed by atoms with Gasteiger partial charge in [-0.3, -0.25) is 4.79 Å². The minimum Gasteiger partial charge on any atom is -0.508 e. The number of aromatic hydroxyl groups is 2. The van der Waals surface area contributed by atoms with Crippen LogP contribution in [0.5, 0.6) is 11.5 Å². The summed E-state index contributed by atoms with van der Waals surface area (Å²) in [5.74, 6) is -2.15. The molecule has 7 nitrogen and oxygen atoms in total. The van der Waals surface area contributed by atoms with Crippen LogP contribution in [0.2, 0.25) is 0 Å². The second-order valence-electron chi connectivity index (χ2n) is 5.30. The quantitative estimate of drug-likeness (QED) is 0.590. The number of rotatable bonds is 6. The fourth-order valence-electron chi connectivity index (χ4n) is 2.29. The molecule has 0 bridgehead atoms. The Bertz CT molecular complexity index is 726. The molecule has 1 amide bonds. The van der Waals surface area contributed by atoms with Crippen LogP contribution in [0.25, 0.3) is 0 Å². The average molecular weight is 345 g/mol. The highest BCUT2D eigenvalue weighted by Crippen LogP contribution is 2.22. The minimum atomic E-state index is -1.35.